The molecule has 0 saturated carbocycles. The molecule has 0 saturated heterocycles. The summed E-state index contributed by atoms with van der Waals surface area (Å²) in [6.07, 6.45) is 0. The fraction of sp³-hybridized carbons (Fsp3) is 0.333. The summed E-state index contributed by atoms with van der Waals surface area (Å²) in [5.41, 5.74) is 0.913. The largest absolute Gasteiger partial charge is 0.480 e. The number of aliphatic carboxylic acids is 1. The van der Waals surface area contributed by atoms with Crippen LogP contribution < -0.4 is 0 Å². The molecule has 0 spiro atoms. The molecule has 0 fully saturated rings. The van der Waals surface area contributed by atoms with E-state index in [1.165, 1.54) is 11.8 Å². The lowest BCUT2D eigenvalue weighted by molar-refractivity contribution is -0.138. The van der Waals surface area contributed by atoms with Crippen LogP contribution in [0.3, 0.4) is 0 Å². The maximum absolute atomic E-state index is 11.1. The number of carbonyl (C=O) groups is 1. The fourth-order valence-corrected chi connectivity index (χ4v) is 2.98. The van der Waals surface area contributed by atoms with Crippen LogP contribution in [0.5, 0.6) is 0 Å². The molecule has 5 heteroatoms. The molecular weight excluding hydrogens is 258 g/mol. The summed E-state index contributed by atoms with van der Waals surface area (Å²) in [5, 5.41) is 10.5. The van der Waals surface area contributed by atoms with Crippen molar-refractivity contribution >= 4 is 34.4 Å². The number of hydrogen-bond acceptors (Lipinski definition) is 3. The molecule has 1 aliphatic heterocycles. The smallest absolute Gasteiger partial charge is 0.329 e. The van der Waals surface area contributed by atoms with Gasteiger partial charge in [-0.05, 0) is 26.0 Å². The van der Waals surface area contributed by atoms with E-state index in [0.29, 0.717) is 5.02 Å². The zero-order valence-corrected chi connectivity index (χ0v) is 11.0. The van der Waals surface area contributed by atoms with Gasteiger partial charge in [-0.1, -0.05) is 35.5 Å². The maximum Gasteiger partial charge on any atom is 0.329 e. The average molecular weight is 270 g/mol. The lowest BCUT2D eigenvalue weighted by Crippen LogP contribution is -2.34. The summed E-state index contributed by atoms with van der Waals surface area (Å²) in [7, 11) is 0. The van der Waals surface area contributed by atoms with Crippen molar-refractivity contribution in [3.05, 3.63) is 34.9 Å². The van der Waals surface area contributed by atoms with Gasteiger partial charge >= 0.3 is 5.97 Å². The highest BCUT2D eigenvalue weighted by atomic mass is 35.5. The monoisotopic (exact) mass is 269 g/mol. The van der Waals surface area contributed by atoms with Crippen LogP contribution in [0.25, 0.3) is 0 Å². The van der Waals surface area contributed by atoms with Crippen molar-refractivity contribution in [3.63, 3.8) is 0 Å². The fourth-order valence-electron chi connectivity index (χ4n) is 1.68. The molecule has 0 aliphatic carbocycles. The highest BCUT2D eigenvalue weighted by Crippen LogP contribution is 2.39. The number of nitrogens with zero attached hydrogens (tertiary/aromatic N) is 1. The van der Waals surface area contributed by atoms with Gasteiger partial charge < -0.3 is 5.11 Å². The Bertz CT molecular complexity index is 482. The first-order valence-electron chi connectivity index (χ1n) is 5.16. The number of carboxylic acid groups (broad SMARTS) is 1. The molecule has 1 atom stereocenters. The molecular formula is C12H12ClNO2S. The van der Waals surface area contributed by atoms with Crippen LogP contribution >= 0.6 is 23.4 Å². The number of carboxylic acids is 1. The molecule has 0 bridgehead atoms. The SMILES string of the molecule is CC1(C)SC(c2ccc(Cl)cc2)=N[C@H]1C(=O)O. The van der Waals surface area contributed by atoms with Gasteiger partial charge in [-0.2, -0.15) is 0 Å². The molecule has 2 rings (SSSR count). The van der Waals surface area contributed by atoms with Gasteiger partial charge in [0.15, 0.2) is 6.04 Å². The van der Waals surface area contributed by atoms with E-state index in [2.05, 4.69) is 4.99 Å². The van der Waals surface area contributed by atoms with Gasteiger partial charge in [-0.25, -0.2) is 4.79 Å². The zero-order valence-electron chi connectivity index (χ0n) is 9.48. The van der Waals surface area contributed by atoms with Gasteiger partial charge in [0, 0.05) is 15.3 Å². The Kier molecular flexibility index (Phi) is 3.19. The van der Waals surface area contributed by atoms with Crippen molar-refractivity contribution in [1.29, 1.82) is 0 Å². The Balaban J connectivity index is 2.33. The van der Waals surface area contributed by atoms with Crippen LogP contribution in [-0.4, -0.2) is 26.9 Å². The van der Waals surface area contributed by atoms with E-state index in [4.69, 9.17) is 16.7 Å². The van der Waals surface area contributed by atoms with Crippen molar-refractivity contribution in [2.75, 3.05) is 0 Å². The summed E-state index contributed by atoms with van der Waals surface area (Å²) < 4.78 is -0.416. The van der Waals surface area contributed by atoms with Gasteiger partial charge in [0.05, 0.1) is 5.04 Å². The van der Waals surface area contributed by atoms with Gasteiger partial charge in [0.25, 0.3) is 0 Å². The first-order chi connectivity index (χ1) is 7.90. The zero-order chi connectivity index (χ0) is 12.6. The minimum absolute atomic E-state index is 0.416. The first kappa shape index (κ1) is 12.5. The van der Waals surface area contributed by atoms with E-state index >= 15 is 0 Å². The number of thioether (sulfide) groups is 1. The molecule has 1 aromatic carbocycles. The van der Waals surface area contributed by atoms with Crippen LogP contribution in [0.1, 0.15) is 19.4 Å². The number of benzene rings is 1. The lowest BCUT2D eigenvalue weighted by Gasteiger charge is -2.20. The average Bonchev–Trinajstić information content (AvgIpc) is 2.55. The van der Waals surface area contributed by atoms with E-state index in [1.807, 2.05) is 26.0 Å². The summed E-state index contributed by atoms with van der Waals surface area (Å²) >= 11 is 7.30. The highest BCUT2D eigenvalue weighted by molar-refractivity contribution is 8.15. The van der Waals surface area contributed by atoms with Gasteiger partial charge in [0.1, 0.15) is 0 Å². The van der Waals surface area contributed by atoms with E-state index < -0.39 is 16.8 Å². The lowest BCUT2D eigenvalue weighted by atomic mass is 10.0. The van der Waals surface area contributed by atoms with Crippen LogP contribution in [0.2, 0.25) is 5.02 Å². The van der Waals surface area contributed by atoms with E-state index in [1.54, 1.807) is 12.1 Å². The highest BCUT2D eigenvalue weighted by Gasteiger charge is 2.42. The summed E-state index contributed by atoms with van der Waals surface area (Å²) in [6.45, 7) is 3.78. The Hall–Kier alpha value is -1.00. The van der Waals surface area contributed by atoms with Crippen LogP contribution in [0, 0.1) is 0 Å². The van der Waals surface area contributed by atoms with Crippen molar-refractivity contribution in [2.24, 2.45) is 4.99 Å². The summed E-state index contributed by atoms with van der Waals surface area (Å²) in [4.78, 5) is 15.4. The molecule has 1 aromatic rings. The minimum atomic E-state index is -0.883. The molecule has 0 amide bonds. The minimum Gasteiger partial charge on any atom is -0.480 e. The first-order valence-corrected chi connectivity index (χ1v) is 6.35. The van der Waals surface area contributed by atoms with Crippen molar-refractivity contribution in [2.45, 2.75) is 24.6 Å². The molecule has 17 heavy (non-hydrogen) atoms. The van der Waals surface area contributed by atoms with Crippen LogP contribution in [0.15, 0.2) is 29.3 Å². The van der Waals surface area contributed by atoms with E-state index in [-0.39, 0.29) is 0 Å². The van der Waals surface area contributed by atoms with Gasteiger partial charge in [-0.3, -0.25) is 4.99 Å². The second-order valence-corrected chi connectivity index (χ2v) is 6.47. The quantitative estimate of drug-likeness (QED) is 0.898. The Labute approximate surface area is 109 Å². The molecule has 1 heterocycles. The molecule has 1 N–H and O–H groups in total. The standard InChI is InChI=1S/C12H12ClNO2S/c1-12(2)9(11(15)16)14-10(17-12)7-3-5-8(13)6-4-7/h3-6,9H,1-2H3,(H,15,16)/t9-/m0/s1. The molecule has 3 nitrogen and oxygen atoms in total. The molecule has 1 aliphatic rings. The van der Waals surface area contributed by atoms with Gasteiger partial charge in [-0.15, -0.1) is 0 Å². The maximum atomic E-state index is 11.1. The predicted molar refractivity (Wildman–Crippen MR) is 71.1 cm³/mol. The van der Waals surface area contributed by atoms with E-state index in [0.717, 1.165) is 10.6 Å². The molecule has 0 radical (unpaired) electrons. The number of rotatable bonds is 2. The molecule has 0 aromatic heterocycles. The Morgan fingerprint density at radius 3 is 2.47 bits per heavy atom. The van der Waals surface area contributed by atoms with Crippen LogP contribution in [0.4, 0.5) is 0 Å². The second kappa shape index (κ2) is 4.35. The molecule has 0 unspecified atom stereocenters. The Morgan fingerprint density at radius 2 is 2.00 bits per heavy atom. The van der Waals surface area contributed by atoms with Crippen molar-refractivity contribution in [1.82, 2.24) is 0 Å². The van der Waals surface area contributed by atoms with Gasteiger partial charge in [0.2, 0.25) is 0 Å². The van der Waals surface area contributed by atoms with Crippen LogP contribution in [-0.2, 0) is 4.79 Å². The second-order valence-electron chi connectivity index (χ2n) is 4.39. The van der Waals surface area contributed by atoms with Crippen molar-refractivity contribution in [3.8, 4) is 0 Å². The normalized spacial score (nSPS) is 22.3. The predicted octanol–water partition coefficient (Wildman–Crippen LogP) is 3.07. The topological polar surface area (TPSA) is 49.7 Å². The Morgan fingerprint density at radius 1 is 1.41 bits per heavy atom. The number of halogens is 1. The summed E-state index contributed by atoms with van der Waals surface area (Å²) in [6, 6.07) is 6.57. The van der Waals surface area contributed by atoms with E-state index in [9.17, 15) is 4.79 Å². The summed E-state index contributed by atoms with van der Waals surface area (Å²) in [5.74, 6) is -0.883. The third-order valence-electron chi connectivity index (χ3n) is 2.59. The van der Waals surface area contributed by atoms with Crippen molar-refractivity contribution < 1.29 is 9.90 Å². The number of aliphatic imine (C=N–C) groups is 1. The third kappa shape index (κ3) is 2.48. The third-order valence-corrected chi connectivity index (χ3v) is 4.13. The molecule has 90 valence electrons. The number of hydrogen-bond donors (Lipinski definition) is 1.